The average molecular weight is 234 g/mol. The van der Waals surface area contributed by atoms with Gasteiger partial charge in [-0.3, -0.25) is 0 Å². The molecule has 4 nitrogen and oxygen atoms in total. The van der Waals surface area contributed by atoms with Gasteiger partial charge in [0.15, 0.2) is 0 Å². The van der Waals surface area contributed by atoms with Crippen molar-refractivity contribution < 1.29 is 0 Å². The monoisotopic (exact) mass is 234 g/mol. The lowest BCUT2D eigenvalue weighted by molar-refractivity contribution is 0.388. The predicted molar refractivity (Wildman–Crippen MR) is 70.2 cm³/mol. The van der Waals surface area contributed by atoms with Crippen LogP contribution in [0.2, 0.25) is 0 Å². The van der Waals surface area contributed by atoms with Gasteiger partial charge in [0.1, 0.15) is 12.1 Å². The first-order chi connectivity index (χ1) is 8.16. The van der Waals surface area contributed by atoms with Crippen LogP contribution in [0.25, 0.3) is 0 Å². The minimum atomic E-state index is 0.445. The third-order valence-electron chi connectivity index (χ3n) is 3.37. The second kappa shape index (κ2) is 5.45. The number of hydrogen-bond acceptors (Lipinski definition) is 4. The Labute approximate surface area is 103 Å². The van der Waals surface area contributed by atoms with E-state index in [0.29, 0.717) is 18.0 Å². The van der Waals surface area contributed by atoms with Crippen LogP contribution in [-0.4, -0.2) is 28.6 Å². The maximum Gasteiger partial charge on any atom is 0.129 e. The standard InChI is InChI=1S/C13H22N4/c1-9(2)12-7-13(16-8-15-12)17-11-5-4-6-14-10(11)3/h7-11,14H,4-6H2,1-3H3,(H,15,16,17). The van der Waals surface area contributed by atoms with E-state index in [1.165, 1.54) is 12.8 Å². The molecule has 2 N–H and O–H groups in total. The number of piperidine rings is 1. The number of rotatable bonds is 3. The van der Waals surface area contributed by atoms with Gasteiger partial charge in [0.05, 0.1) is 0 Å². The molecule has 1 fully saturated rings. The maximum absolute atomic E-state index is 4.30. The topological polar surface area (TPSA) is 49.8 Å². The van der Waals surface area contributed by atoms with Crippen LogP contribution >= 0.6 is 0 Å². The Kier molecular flexibility index (Phi) is 3.94. The summed E-state index contributed by atoms with van der Waals surface area (Å²) in [5.41, 5.74) is 1.10. The first-order valence-corrected chi connectivity index (χ1v) is 6.48. The Balaban J connectivity index is 2.04. The number of hydrogen-bond donors (Lipinski definition) is 2. The molecular formula is C13H22N4. The molecule has 1 saturated heterocycles. The molecule has 1 aliphatic rings. The van der Waals surface area contributed by atoms with E-state index in [2.05, 4.69) is 47.4 Å². The molecule has 1 aliphatic heterocycles. The predicted octanol–water partition coefficient (Wildman–Crippen LogP) is 2.15. The minimum absolute atomic E-state index is 0.445. The summed E-state index contributed by atoms with van der Waals surface area (Å²) in [6.07, 6.45) is 4.08. The Bertz CT molecular complexity index is 364. The Morgan fingerprint density at radius 2 is 2.24 bits per heavy atom. The normalized spacial score (nSPS) is 24.9. The number of anilines is 1. The third-order valence-corrected chi connectivity index (χ3v) is 3.37. The van der Waals surface area contributed by atoms with Gasteiger partial charge in [-0.05, 0) is 32.2 Å². The fourth-order valence-corrected chi connectivity index (χ4v) is 2.20. The molecule has 17 heavy (non-hydrogen) atoms. The Morgan fingerprint density at radius 3 is 2.94 bits per heavy atom. The summed E-state index contributed by atoms with van der Waals surface area (Å²) in [6.45, 7) is 7.65. The van der Waals surface area contributed by atoms with E-state index in [1.807, 2.05) is 0 Å². The lowest BCUT2D eigenvalue weighted by Gasteiger charge is -2.31. The van der Waals surface area contributed by atoms with Gasteiger partial charge in [-0.15, -0.1) is 0 Å². The largest absolute Gasteiger partial charge is 0.366 e. The van der Waals surface area contributed by atoms with E-state index >= 15 is 0 Å². The second-order valence-electron chi connectivity index (χ2n) is 5.12. The summed E-state index contributed by atoms with van der Waals surface area (Å²) in [7, 11) is 0. The summed E-state index contributed by atoms with van der Waals surface area (Å²) in [5, 5.41) is 7.00. The molecule has 0 amide bonds. The summed E-state index contributed by atoms with van der Waals surface area (Å²) in [5.74, 6) is 1.39. The van der Waals surface area contributed by atoms with Gasteiger partial charge in [0, 0.05) is 23.8 Å². The highest BCUT2D eigenvalue weighted by Crippen LogP contribution is 2.17. The van der Waals surface area contributed by atoms with E-state index < -0.39 is 0 Å². The van der Waals surface area contributed by atoms with Crippen LogP contribution in [0.3, 0.4) is 0 Å². The molecule has 4 heteroatoms. The summed E-state index contributed by atoms with van der Waals surface area (Å²) in [4.78, 5) is 8.58. The Hall–Kier alpha value is -1.16. The maximum atomic E-state index is 4.30. The van der Waals surface area contributed by atoms with Gasteiger partial charge in [-0.25, -0.2) is 9.97 Å². The van der Waals surface area contributed by atoms with Gasteiger partial charge in [-0.1, -0.05) is 13.8 Å². The lowest BCUT2D eigenvalue weighted by atomic mass is 10.00. The molecule has 2 heterocycles. The van der Waals surface area contributed by atoms with Crippen LogP contribution in [-0.2, 0) is 0 Å². The molecule has 0 radical (unpaired) electrons. The van der Waals surface area contributed by atoms with E-state index in [4.69, 9.17) is 0 Å². The molecule has 2 unspecified atom stereocenters. The third kappa shape index (κ3) is 3.16. The molecule has 94 valence electrons. The molecular weight excluding hydrogens is 212 g/mol. The molecule has 0 bridgehead atoms. The zero-order valence-corrected chi connectivity index (χ0v) is 10.9. The zero-order chi connectivity index (χ0) is 12.3. The molecule has 1 aromatic heterocycles. The summed E-state index contributed by atoms with van der Waals surface area (Å²) < 4.78 is 0. The molecule has 0 spiro atoms. The fourth-order valence-electron chi connectivity index (χ4n) is 2.20. The van der Waals surface area contributed by atoms with Crippen molar-refractivity contribution in [1.82, 2.24) is 15.3 Å². The molecule has 1 aromatic rings. The second-order valence-corrected chi connectivity index (χ2v) is 5.12. The van der Waals surface area contributed by atoms with Crippen molar-refractivity contribution in [1.29, 1.82) is 0 Å². The number of nitrogens with one attached hydrogen (secondary N) is 2. The van der Waals surface area contributed by atoms with E-state index in [9.17, 15) is 0 Å². The van der Waals surface area contributed by atoms with Gasteiger partial charge in [0.2, 0.25) is 0 Å². The van der Waals surface area contributed by atoms with E-state index in [-0.39, 0.29) is 0 Å². The minimum Gasteiger partial charge on any atom is -0.366 e. The van der Waals surface area contributed by atoms with Crippen LogP contribution in [0, 0.1) is 0 Å². The van der Waals surface area contributed by atoms with Crippen LogP contribution in [0.5, 0.6) is 0 Å². The van der Waals surface area contributed by atoms with Crippen molar-refractivity contribution in [3.63, 3.8) is 0 Å². The smallest absolute Gasteiger partial charge is 0.129 e. The van der Waals surface area contributed by atoms with Crippen LogP contribution < -0.4 is 10.6 Å². The molecule has 2 atom stereocenters. The molecule has 0 aromatic carbocycles. The molecule has 0 saturated carbocycles. The van der Waals surface area contributed by atoms with Crippen molar-refractivity contribution in [3.8, 4) is 0 Å². The average Bonchev–Trinajstić information content (AvgIpc) is 2.32. The first-order valence-electron chi connectivity index (χ1n) is 6.48. The summed E-state index contributed by atoms with van der Waals surface area (Å²) in [6, 6.07) is 3.03. The van der Waals surface area contributed by atoms with Crippen LogP contribution in [0.4, 0.5) is 5.82 Å². The molecule has 2 rings (SSSR count). The highest BCUT2D eigenvalue weighted by molar-refractivity contribution is 5.37. The number of aromatic nitrogens is 2. The van der Waals surface area contributed by atoms with Crippen molar-refractivity contribution >= 4 is 5.82 Å². The van der Waals surface area contributed by atoms with Gasteiger partial charge in [-0.2, -0.15) is 0 Å². The van der Waals surface area contributed by atoms with Crippen molar-refractivity contribution in [2.45, 2.75) is 51.6 Å². The first kappa shape index (κ1) is 12.3. The summed E-state index contributed by atoms with van der Waals surface area (Å²) >= 11 is 0. The van der Waals surface area contributed by atoms with Crippen molar-refractivity contribution in [2.24, 2.45) is 0 Å². The highest BCUT2D eigenvalue weighted by atomic mass is 15.1. The van der Waals surface area contributed by atoms with Crippen molar-refractivity contribution in [3.05, 3.63) is 18.1 Å². The van der Waals surface area contributed by atoms with Gasteiger partial charge < -0.3 is 10.6 Å². The number of nitrogens with zero attached hydrogens (tertiary/aromatic N) is 2. The van der Waals surface area contributed by atoms with Crippen LogP contribution in [0.1, 0.15) is 45.2 Å². The SMILES string of the molecule is CC(C)c1cc(NC2CCCNC2C)ncn1. The van der Waals surface area contributed by atoms with Crippen LogP contribution in [0.15, 0.2) is 12.4 Å². The van der Waals surface area contributed by atoms with Crippen molar-refractivity contribution in [2.75, 3.05) is 11.9 Å². The Morgan fingerprint density at radius 1 is 1.41 bits per heavy atom. The van der Waals surface area contributed by atoms with Gasteiger partial charge in [0.25, 0.3) is 0 Å². The van der Waals surface area contributed by atoms with E-state index in [0.717, 1.165) is 18.1 Å². The highest BCUT2D eigenvalue weighted by Gasteiger charge is 2.20. The quantitative estimate of drug-likeness (QED) is 0.841. The van der Waals surface area contributed by atoms with E-state index in [1.54, 1.807) is 6.33 Å². The lowest BCUT2D eigenvalue weighted by Crippen LogP contribution is -2.46. The zero-order valence-electron chi connectivity index (χ0n) is 10.9. The molecule has 0 aliphatic carbocycles. The van der Waals surface area contributed by atoms with Gasteiger partial charge >= 0.3 is 0 Å². The fraction of sp³-hybridized carbons (Fsp3) is 0.692.